The molecule has 0 aliphatic carbocycles. The van der Waals surface area contributed by atoms with E-state index in [-0.39, 0.29) is 30.6 Å². The molecule has 0 bridgehead atoms. The molecule has 7 heteroatoms. The summed E-state index contributed by atoms with van der Waals surface area (Å²) < 4.78 is 0. The third-order valence-corrected chi connectivity index (χ3v) is 4.49. The van der Waals surface area contributed by atoms with Gasteiger partial charge in [0.05, 0.1) is 6.42 Å². The van der Waals surface area contributed by atoms with Crippen LogP contribution in [0.15, 0.2) is 41.8 Å². The van der Waals surface area contributed by atoms with E-state index in [1.165, 1.54) is 11.3 Å². The van der Waals surface area contributed by atoms with Crippen LogP contribution in [0.5, 0.6) is 0 Å². The van der Waals surface area contributed by atoms with Crippen molar-refractivity contribution >= 4 is 34.8 Å². The smallest absolute Gasteiger partial charge is 0.304 e. The van der Waals surface area contributed by atoms with Crippen LogP contribution in [0.1, 0.15) is 34.0 Å². The highest BCUT2D eigenvalue weighted by Gasteiger charge is 2.20. The lowest BCUT2D eigenvalue weighted by Crippen LogP contribution is -2.18. The van der Waals surface area contributed by atoms with Crippen molar-refractivity contribution in [2.75, 3.05) is 12.4 Å². The van der Waals surface area contributed by atoms with Crippen LogP contribution in [-0.2, 0) is 9.59 Å². The molecule has 1 atom stereocenters. The number of carbonyl (C=O) groups excluding carboxylic acids is 2. The molecule has 24 heavy (non-hydrogen) atoms. The molecule has 0 spiro atoms. The molecule has 2 rings (SSSR count). The molecule has 1 aromatic carbocycles. The van der Waals surface area contributed by atoms with Crippen LogP contribution in [0.3, 0.4) is 0 Å². The number of thiophene rings is 1. The van der Waals surface area contributed by atoms with Gasteiger partial charge >= 0.3 is 5.97 Å². The highest BCUT2D eigenvalue weighted by Crippen LogP contribution is 2.28. The van der Waals surface area contributed by atoms with E-state index < -0.39 is 5.97 Å². The molecule has 1 heterocycles. The Hall–Kier alpha value is -2.67. The Morgan fingerprint density at radius 1 is 1.12 bits per heavy atom. The van der Waals surface area contributed by atoms with Crippen molar-refractivity contribution in [2.45, 2.75) is 18.8 Å². The van der Waals surface area contributed by atoms with Crippen LogP contribution in [0, 0.1) is 0 Å². The Kier molecular flexibility index (Phi) is 6.08. The van der Waals surface area contributed by atoms with Gasteiger partial charge in [-0.25, -0.2) is 0 Å². The number of nitrogens with one attached hydrogen (secondary N) is 2. The van der Waals surface area contributed by atoms with E-state index in [0.717, 1.165) is 4.88 Å². The third kappa shape index (κ3) is 4.92. The number of hydrogen-bond donors (Lipinski definition) is 3. The fourth-order valence-corrected chi connectivity index (χ4v) is 3.12. The lowest BCUT2D eigenvalue weighted by molar-refractivity contribution is -0.137. The van der Waals surface area contributed by atoms with Crippen molar-refractivity contribution in [3.8, 4) is 0 Å². The van der Waals surface area contributed by atoms with Gasteiger partial charge in [0.15, 0.2) is 0 Å². The van der Waals surface area contributed by atoms with Gasteiger partial charge in [0.25, 0.3) is 5.91 Å². The summed E-state index contributed by atoms with van der Waals surface area (Å²) in [5, 5.41) is 16.1. The first-order valence-electron chi connectivity index (χ1n) is 7.36. The summed E-state index contributed by atoms with van der Waals surface area (Å²) in [6.45, 7) is 0. The summed E-state index contributed by atoms with van der Waals surface area (Å²) in [5.41, 5.74) is 1.06. The molecular weight excluding hydrogens is 328 g/mol. The van der Waals surface area contributed by atoms with Crippen molar-refractivity contribution in [3.05, 3.63) is 52.2 Å². The highest BCUT2D eigenvalue weighted by molar-refractivity contribution is 7.10. The van der Waals surface area contributed by atoms with Crippen molar-refractivity contribution in [3.63, 3.8) is 0 Å². The van der Waals surface area contributed by atoms with Gasteiger partial charge in [0.1, 0.15) is 0 Å². The van der Waals surface area contributed by atoms with Crippen LogP contribution in [0.2, 0.25) is 0 Å². The molecule has 2 amide bonds. The van der Waals surface area contributed by atoms with Gasteiger partial charge in [0.2, 0.25) is 5.91 Å². The number of hydrogen-bond acceptors (Lipinski definition) is 4. The molecule has 0 unspecified atom stereocenters. The standard InChI is InChI=1S/C17H18N2O4S/c1-18-17(23)11-4-6-13(7-5-11)19-15(20)9-12(10-16(21)22)14-3-2-8-24-14/h2-8,12H,9-10H2,1H3,(H,18,23)(H,19,20)(H,21,22)/t12-/m1/s1. The lowest BCUT2D eigenvalue weighted by Gasteiger charge is -2.13. The number of amides is 2. The number of carboxylic acid groups (broad SMARTS) is 1. The molecular formula is C17H18N2O4S. The van der Waals surface area contributed by atoms with E-state index in [4.69, 9.17) is 5.11 Å². The second-order valence-corrected chi connectivity index (χ2v) is 6.20. The number of carboxylic acids is 1. The van der Waals surface area contributed by atoms with Crippen molar-refractivity contribution in [1.29, 1.82) is 0 Å². The molecule has 0 aliphatic rings. The van der Waals surface area contributed by atoms with Crippen molar-refractivity contribution in [1.82, 2.24) is 5.32 Å². The summed E-state index contributed by atoms with van der Waals surface area (Å²) in [4.78, 5) is 35.6. The first kappa shape index (κ1) is 17.7. The average molecular weight is 346 g/mol. The minimum absolute atomic E-state index is 0.0873. The van der Waals surface area contributed by atoms with Gasteiger partial charge in [-0.05, 0) is 35.7 Å². The Morgan fingerprint density at radius 2 is 1.83 bits per heavy atom. The zero-order valence-electron chi connectivity index (χ0n) is 13.1. The van der Waals surface area contributed by atoms with E-state index in [9.17, 15) is 14.4 Å². The maximum absolute atomic E-state index is 12.2. The van der Waals surface area contributed by atoms with Gasteiger partial charge in [-0.3, -0.25) is 14.4 Å². The quantitative estimate of drug-likeness (QED) is 0.718. The topological polar surface area (TPSA) is 95.5 Å². The molecule has 0 radical (unpaired) electrons. The minimum atomic E-state index is -0.934. The molecule has 0 fully saturated rings. The van der Waals surface area contributed by atoms with E-state index in [1.807, 2.05) is 17.5 Å². The molecule has 3 N–H and O–H groups in total. The van der Waals surface area contributed by atoms with Crippen LogP contribution < -0.4 is 10.6 Å². The van der Waals surface area contributed by atoms with E-state index >= 15 is 0 Å². The largest absolute Gasteiger partial charge is 0.481 e. The predicted octanol–water partition coefficient (Wildman–Crippen LogP) is 2.69. The Morgan fingerprint density at radius 3 is 2.38 bits per heavy atom. The molecule has 0 aliphatic heterocycles. The van der Waals surface area contributed by atoms with Crippen LogP contribution in [0.4, 0.5) is 5.69 Å². The number of rotatable bonds is 7. The van der Waals surface area contributed by atoms with Crippen LogP contribution in [0.25, 0.3) is 0 Å². The first-order chi connectivity index (χ1) is 11.5. The van der Waals surface area contributed by atoms with Gasteiger partial charge in [-0.15, -0.1) is 11.3 Å². The number of benzene rings is 1. The van der Waals surface area contributed by atoms with E-state index in [0.29, 0.717) is 11.3 Å². The zero-order valence-corrected chi connectivity index (χ0v) is 13.9. The molecule has 0 saturated carbocycles. The normalized spacial score (nSPS) is 11.5. The SMILES string of the molecule is CNC(=O)c1ccc(NC(=O)C[C@H](CC(=O)O)c2cccs2)cc1. The van der Waals surface area contributed by atoms with Gasteiger partial charge in [-0.1, -0.05) is 6.07 Å². The van der Waals surface area contributed by atoms with Gasteiger partial charge < -0.3 is 15.7 Å². The summed E-state index contributed by atoms with van der Waals surface area (Å²) in [6.07, 6.45) is -0.00640. The van der Waals surface area contributed by atoms with Crippen LogP contribution >= 0.6 is 11.3 Å². The fraction of sp³-hybridized carbons (Fsp3) is 0.235. The Bertz CT molecular complexity index is 711. The number of carbonyl (C=O) groups is 3. The maximum Gasteiger partial charge on any atom is 0.304 e. The lowest BCUT2D eigenvalue weighted by atomic mass is 9.99. The van der Waals surface area contributed by atoms with Crippen LogP contribution in [-0.4, -0.2) is 29.9 Å². The fourth-order valence-electron chi connectivity index (χ4n) is 2.29. The second kappa shape index (κ2) is 8.26. The van der Waals surface area contributed by atoms with Gasteiger partial charge in [0, 0.05) is 35.5 Å². The second-order valence-electron chi connectivity index (χ2n) is 5.22. The molecule has 0 saturated heterocycles. The minimum Gasteiger partial charge on any atom is -0.481 e. The van der Waals surface area contributed by atoms with Crippen molar-refractivity contribution in [2.24, 2.45) is 0 Å². The summed E-state index contributed by atoms with van der Waals surface area (Å²) >= 11 is 1.44. The zero-order chi connectivity index (χ0) is 17.5. The predicted molar refractivity (Wildman–Crippen MR) is 92.4 cm³/mol. The maximum atomic E-state index is 12.2. The third-order valence-electron chi connectivity index (χ3n) is 3.46. The first-order valence-corrected chi connectivity index (χ1v) is 8.24. The molecule has 6 nitrogen and oxygen atoms in total. The Labute approximate surface area is 143 Å². The van der Waals surface area contributed by atoms with E-state index in [1.54, 1.807) is 31.3 Å². The molecule has 1 aromatic heterocycles. The summed E-state index contributed by atoms with van der Waals surface area (Å²) in [5.74, 6) is -1.75. The number of aliphatic carboxylic acids is 1. The molecule has 2 aromatic rings. The monoisotopic (exact) mass is 346 g/mol. The molecule has 126 valence electrons. The van der Waals surface area contributed by atoms with Crippen molar-refractivity contribution < 1.29 is 19.5 Å². The summed E-state index contributed by atoms with van der Waals surface area (Å²) in [6, 6.07) is 10.2. The summed E-state index contributed by atoms with van der Waals surface area (Å²) in [7, 11) is 1.55. The number of anilines is 1. The highest BCUT2D eigenvalue weighted by atomic mass is 32.1. The average Bonchev–Trinajstić information content (AvgIpc) is 3.08. The van der Waals surface area contributed by atoms with Gasteiger partial charge in [-0.2, -0.15) is 0 Å². The van der Waals surface area contributed by atoms with E-state index in [2.05, 4.69) is 10.6 Å². The Balaban J connectivity index is 2.00.